The minimum atomic E-state index is -0.671. The van der Waals surface area contributed by atoms with Gasteiger partial charge >= 0.3 is 0 Å². The van der Waals surface area contributed by atoms with Crippen molar-refractivity contribution in [3.8, 4) is 5.75 Å². The van der Waals surface area contributed by atoms with Crippen molar-refractivity contribution in [3.63, 3.8) is 0 Å². The highest BCUT2D eigenvalue weighted by Gasteiger charge is 2.11. The van der Waals surface area contributed by atoms with Crippen LogP contribution in [0.3, 0.4) is 0 Å². The molecule has 0 fully saturated rings. The number of ether oxygens (including phenoxy) is 1. The van der Waals surface area contributed by atoms with Gasteiger partial charge in [-0.1, -0.05) is 0 Å². The summed E-state index contributed by atoms with van der Waals surface area (Å²) in [6.45, 7) is 2.50. The third-order valence-electron chi connectivity index (χ3n) is 2.08. The smallest absolute Gasteiger partial charge is 0.235 e. The maximum atomic E-state index is 10.8. The minimum Gasteiger partial charge on any atom is -0.494 e. The van der Waals surface area contributed by atoms with E-state index >= 15 is 0 Å². The second-order valence-corrected chi connectivity index (χ2v) is 4.51. The molecule has 6 N–H and O–H groups in total. The number of primary amides is 1. The summed E-state index contributed by atoms with van der Waals surface area (Å²) in [5, 5.41) is 0. The van der Waals surface area contributed by atoms with Crippen LogP contribution in [-0.2, 0) is 4.79 Å². The third-order valence-corrected chi connectivity index (χ3v) is 3.27. The van der Waals surface area contributed by atoms with Crippen LogP contribution in [0.2, 0.25) is 0 Å². The molecular formula is C11H17N3O2S. The lowest BCUT2D eigenvalue weighted by atomic mass is 10.3. The first-order valence-electron chi connectivity index (χ1n) is 5.24. The molecule has 0 aromatic heterocycles. The van der Waals surface area contributed by atoms with E-state index in [1.807, 2.05) is 13.0 Å². The summed E-state index contributed by atoms with van der Waals surface area (Å²) >= 11 is 1.39. The van der Waals surface area contributed by atoms with Crippen LogP contribution in [-0.4, -0.2) is 24.3 Å². The molecule has 0 bridgehead atoms. The van der Waals surface area contributed by atoms with Crippen LogP contribution in [0, 0.1) is 0 Å². The molecule has 94 valence electrons. The number of carbonyl (C=O) groups excluding carboxylic acids is 1. The number of benzene rings is 1. The highest BCUT2D eigenvalue weighted by Crippen LogP contribution is 2.29. The summed E-state index contributed by atoms with van der Waals surface area (Å²) in [7, 11) is 0. The maximum absolute atomic E-state index is 10.8. The number of rotatable bonds is 6. The predicted molar refractivity (Wildman–Crippen MR) is 69.9 cm³/mol. The Bertz CT molecular complexity index is 398. The van der Waals surface area contributed by atoms with E-state index < -0.39 is 11.9 Å². The normalized spacial score (nSPS) is 12.1. The average molecular weight is 255 g/mol. The summed E-state index contributed by atoms with van der Waals surface area (Å²) in [6, 6.07) is 4.73. The van der Waals surface area contributed by atoms with Gasteiger partial charge in [0.15, 0.2) is 0 Å². The van der Waals surface area contributed by atoms with Crippen LogP contribution < -0.4 is 21.9 Å². The van der Waals surface area contributed by atoms with E-state index in [1.165, 1.54) is 11.8 Å². The van der Waals surface area contributed by atoms with Crippen LogP contribution in [0.5, 0.6) is 5.75 Å². The lowest BCUT2D eigenvalue weighted by Crippen LogP contribution is -2.38. The van der Waals surface area contributed by atoms with Crippen molar-refractivity contribution in [2.24, 2.45) is 11.5 Å². The lowest BCUT2D eigenvalue weighted by molar-refractivity contribution is -0.118. The molecular weight excluding hydrogens is 238 g/mol. The van der Waals surface area contributed by atoms with E-state index in [0.29, 0.717) is 18.0 Å². The summed E-state index contributed by atoms with van der Waals surface area (Å²) in [4.78, 5) is 11.6. The fourth-order valence-electron chi connectivity index (χ4n) is 1.16. The molecule has 6 heteroatoms. The molecule has 0 saturated heterocycles. The van der Waals surface area contributed by atoms with Crippen molar-refractivity contribution < 1.29 is 9.53 Å². The molecule has 0 aliphatic rings. The molecule has 5 nitrogen and oxygen atoms in total. The number of nitrogens with two attached hydrogens (primary N) is 3. The zero-order valence-electron chi connectivity index (χ0n) is 9.68. The van der Waals surface area contributed by atoms with Gasteiger partial charge in [-0.3, -0.25) is 4.79 Å². The lowest BCUT2D eigenvalue weighted by Gasteiger charge is -2.10. The van der Waals surface area contributed by atoms with Gasteiger partial charge in [0.2, 0.25) is 5.91 Å². The van der Waals surface area contributed by atoms with Crippen LogP contribution in [0.25, 0.3) is 0 Å². The van der Waals surface area contributed by atoms with Crippen LogP contribution in [0.1, 0.15) is 6.92 Å². The van der Waals surface area contributed by atoms with Crippen molar-refractivity contribution >= 4 is 23.4 Å². The van der Waals surface area contributed by atoms with Gasteiger partial charge in [-0.05, 0) is 25.1 Å². The Morgan fingerprint density at radius 2 is 2.24 bits per heavy atom. The van der Waals surface area contributed by atoms with Gasteiger partial charge in [0.25, 0.3) is 0 Å². The highest BCUT2D eigenvalue weighted by molar-refractivity contribution is 7.99. The molecule has 0 radical (unpaired) electrons. The quantitative estimate of drug-likeness (QED) is 0.509. The summed E-state index contributed by atoms with van der Waals surface area (Å²) in [5.41, 5.74) is 17.1. The fourth-order valence-corrected chi connectivity index (χ4v) is 2.12. The molecule has 0 aliphatic carbocycles. The standard InChI is InChI=1S/C11H17N3O2S/c1-2-16-7-3-4-8(12)10(5-7)17-6-9(13)11(14)15/h3-5,9H,2,6,12-13H2,1H3,(H2,14,15). The monoisotopic (exact) mass is 255 g/mol. The molecule has 17 heavy (non-hydrogen) atoms. The van der Waals surface area contributed by atoms with E-state index in [-0.39, 0.29) is 0 Å². The van der Waals surface area contributed by atoms with Crippen molar-refractivity contribution in [1.29, 1.82) is 0 Å². The molecule has 1 aromatic rings. The summed E-state index contributed by atoms with van der Waals surface area (Å²) in [6.07, 6.45) is 0. The molecule has 1 unspecified atom stereocenters. The molecule has 1 amide bonds. The Kier molecular flexibility index (Phi) is 5.11. The fraction of sp³-hybridized carbons (Fsp3) is 0.364. The Morgan fingerprint density at radius 3 is 2.82 bits per heavy atom. The van der Waals surface area contributed by atoms with Gasteiger partial charge in [-0.15, -0.1) is 11.8 Å². The second-order valence-electron chi connectivity index (χ2n) is 3.45. The summed E-state index contributed by atoms with van der Waals surface area (Å²) < 4.78 is 5.36. The van der Waals surface area contributed by atoms with E-state index in [9.17, 15) is 4.79 Å². The van der Waals surface area contributed by atoms with E-state index in [0.717, 1.165) is 10.6 Å². The largest absolute Gasteiger partial charge is 0.494 e. The van der Waals surface area contributed by atoms with E-state index in [2.05, 4.69) is 0 Å². The molecule has 0 heterocycles. The Hall–Kier alpha value is -1.40. The molecule has 1 atom stereocenters. The average Bonchev–Trinajstić information content (AvgIpc) is 2.29. The van der Waals surface area contributed by atoms with Gasteiger partial charge < -0.3 is 21.9 Å². The SMILES string of the molecule is CCOc1ccc(N)c(SCC(N)C(N)=O)c1. The van der Waals surface area contributed by atoms with Crippen molar-refractivity contribution in [1.82, 2.24) is 0 Å². The molecule has 0 saturated carbocycles. The second kappa shape index (κ2) is 6.36. The Morgan fingerprint density at radius 1 is 1.53 bits per heavy atom. The van der Waals surface area contributed by atoms with Gasteiger partial charge in [0, 0.05) is 16.3 Å². The van der Waals surface area contributed by atoms with E-state index in [1.54, 1.807) is 12.1 Å². The molecule has 1 rings (SSSR count). The topological polar surface area (TPSA) is 104 Å². The molecule has 0 aliphatic heterocycles. The zero-order valence-corrected chi connectivity index (χ0v) is 10.5. The van der Waals surface area contributed by atoms with Crippen molar-refractivity contribution in [2.75, 3.05) is 18.1 Å². The van der Waals surface area contributed by atoms with Gasteiger partial charge in [-0.25, -0.2) is 0 Å². The van der Waals surface area contributed by atoms with Gasteiger partial charge in [-0.2, -0.15) is 0 Å². The van der Waals surface area contributed by atoms with Crippen LogP contribution in [0.15, 0.2) is 23.1 Å². The number of hydrogen-bond donors (Lipinski definition) is 3. The Labute approximate surface area is 105 Å². The number of amides is 1. The molecule has 0 spiro atoms. The highest BCUT2D eigenvalue weighted by atomic mass is 32.2. The number of nitrogen functional groups attached to an aromatic ring is 1. The third kappa shape index (κ3) is 4.16. The predicted octanol–water partition coefficient (Wildman–Crippen LogP) is 0.572. The zero-order chi connectivity index (χ0) is 12.8. The minimum absolute atomic E-state index is 0.398. The first-order chi connectivity index (χ1) is 8.04. The first kappa shape index (κ1) is 13.7. The number of anilines is 1. The number of hydrogen-bond acceptors (Lipinski definition) is 5. The maximum Gasteiger partial charge on any atom is 0.235 e. The van der Waals surface area contributed by atoms with Gasteiger partial charge in [0.05, 0.1) is 12.6 Å². The summed E-state index contributed by atoms with van der Waals surface area (Å²) in [5.74, 6) is 0.628. The van der Waals surface area contributed by atoms with Crippen LogP contribution in [0.4, 0.5) is 5.69 Å². The van der Waals surface area contributed by atoms with Gasteiger partial charge in [0.1, 0.15) is 5.75 Å². The van der Waals surface area contributed by atoms with Crippen molar-refractivity contribution in [2.45, 2.75) is 17.9 Å². The number of carbonyl (C=O) groups is 1. The molecule has 1 aromatic carbocycles. The number of thioether (sulfide) groups is 1. The Balaban J connectivity index is 2.69. The van der Waals surface area contributed by atoms with Crippen LogP contribution >= 0.6 is 11.8 Å². The van der Waals surface area contributed by atoms with E-state index in [4.69, 9.17) is 21.9 Å². The van der Waals surface area contributed by atoms with Crippen molar-refractivity contribution in [3.05, 3.63) is 18.2 Å². The first-order valence-corrected chi connectivity index (χ1v) is 6.23.